The van der Waals surface area contributed by atoms with Crippen molar-refractivity contribution in [1.29, 1.82) is 0 Å². The van der Waals surface area contributed by atoms with Crippen LogP contribution in [-0.4, -0.2) is 65.2 Å². The van der Waals surface area contributed by atoms with Gasteiger partial charge in [0.1, 0.15) is 11.6 Å². The van der Waals surface area contributed by atoms with Crippen molar-refractivity contribution in [2.24, 2.45) is 0 Å². The average Bonchev–Trinajstić information content (AvgIpc) is 2.99. The molecule has 0 saturated carbocycles. The number of likely N-dealkylation sites (N-methyl/N-ethyl adjacent to an activating group) is 1. The van der Waals surface area contributed by atoms with E-state index in [4.69, 9.17) is 0 Å². The van der Waals surface area contributed by atoms with Crippen LogP contribution in [0.15, 0.2) is 53.4 Å². The molecule has 0 spiro atoms. The van der Waals surface area contributed by atoms with Crippen LogP contribution in [-0.2, 0) is 19.7 Å². The van der Waals surface area contributed by atoms with Gasteiger partial charge in [-0.1, -0.05) is 12.1 Å². The van der Waals surface area contributed by atoms with Crippen LogP contribution in [0, 0.1) is 11.6 Å². The Labute approximate surface area is 175 Å². The second kappa shape index (κ2) is 8.70. The van der Waals surface area contributed by atoms with Crippen molar-refractivity contribution < 1.29 is 25.6 Å². The number of hydrogen-bond acceptors (Lipinski definition) is 6. The highest BCUT2D eigenvalue weighted by atomic mass is 32.2. The Bertz CT molecular complexity index is 1090. The van der Waals surface area contributed by atoms with Crippen molar-refractivity contribution in [3.8, 4) is 0 Å². The van der Waals surface area contributed by atoms with Crippen LogP contribution in [0.4, 0.5) is 8.78 Å². The first-order chi connectivity index (χ1) is 14.0. The van der Waals surface area contributed by atoms with Crippen LogP contribution in [0.25, 0.3) is 0 Å². The average molecular weight is 459 g/mol. The molecule has 164 valence electrons. The number of hydrogen-bond donors (Lipinski definition) is 1. The van der Waals surface area contributed by atoms with E-state index in [1.807, 2.05) is 19.0 Å². The second-order valence-corrected chi connectivity index (χ2v) is 12.0. The Morgan fingerprint density at radius 2 is 1.53 bits per heavy atom. The van der Waals surface area contributed by atoms with Crippen molar-refractivity contribution in [2.45, 2.75) is 22.2 Å². The minimum absolute atomic E-state index is 0.111. The molecule has 30 heavy (non-hydrogen) atoms. The number of nitrogens with zero attached hydrogens (tertiary/aromatic N) is 1. The van der Waals surface area contributed by atoms with Gasteiger partial charge in [0.15, 0.2) is 19.7 Å². The molecule has 0 radical (unpaired) electrons. The zero-order chi connectivity index (χ0) is 22.1. The summed E-state index contributed by atoms with van der Waals surface area (Å²) in [7, 11) is -3.89. The van der Waals surface area contributed by atoms with E-state index in [1.54, 1.807) is 12.1 Å². The third kappa shape index (κ3) is 5.05. The van der Waals surface area contributed by atoms with E-state index >= 15 is 0 Å². The first kappa shape index (κ1) is 22.8. The molecule has 1 N–H and O–H groups in total. The highest BCUT2D eigenvalue weighted by molar-refractivity contribution is 7.96. The lowest BCUT2D eigenvalue weighted by Crippen LogP contribution is -2.46. The summed E-state index contributed by atoms with van der Waals surface area (Å²) in [4.78, 5) is 1.77. The monoisotopic (exact) mass is 458 g/mol. The molecule has 1 fully saturated rings. The van der Waals surface area contributed by atoms with E-state index in [-0.39, 0.29) is 29.1 Å². The molecule has 2 aromatic carbocycles. The van der Waals surface area contributed by atoms with E-state index < -0.39 is 42.5 Å². The largest absolute Gasteiger partial charge is 0.310 e. The number of rotatable bonds is 7. The van der Waals surface area contributed by atoms with Gasteiger partial charge in [-0.15, -0.1) is 0 Å². The lowest BCUT2D eigenvalue weighted by molar-refractivity contribution is 0.281. The van der Waals surface area contributed by atoms with Crippen LogP contribution >= 0.6 is 0 Å². The Morgan fingerprint density at radius 3 is 2.07 bits per heavy atom. The van der Waals surface area contributed by atoms with Gasteiger partial charge in [0.05, 0.1) is 21.7 Å². The number of benzene rings is 2. The molecule has 0 aromatic heterocycles. The highest BCUT2D eigenvalue weighted by Gasteiger charge is 2.45. The van der Waals surface area contributed by atoms with Gasteiger partial charge < -0.3 is 10.2 Å². The van der Waals surface area contributed by atoms with Gasteiger partial charge >= 0.3 is 0 Å². The first-order valence-electron chi connectivity index (χ1n) is 9.35. The lowest BCUT2D eigenvalue weighted by Gasteiger charge is -2.28. The van der Waals surface area contributed by atoms with Crippen molar-refractivity contribution in [3.05, 3.63) is 65.7 Å². The molecule has 1 unspecified atom stereocenters. The van der Waals surface area contributed by atoms with Crippen molar-refractivity contribution >= 4 is 19.7 Å². The topological polar surface area (TPSA) is 83.6 Å². The van der Waals surface area contributed by atoms with Gasteiger partial charge in [0.2, 0.25) is 0 Å². The Morgan fingerprint density at radius 1 is 1.00 bits per heavy atom. The lowest BCUT2D eigenvalue weighted by atomic mass is 10.1. The summed E-state index contributed by atoms with van der Waals surface area (Å²) in [5.41, 5.74) is 0.813. The molecule has 1 aliphatic heterocycles. The van der Waals surface area contributed by atoms with Crippen LogP contribution in [0.5, 0.6) is 0 Å². The van der Waals surface area contributed by atoms with Gasteiger partial charge in [0.25, 0.3) is 0 Å². The molecule has 2 aromatic rings. The van der Waals surface area contributed by atoms with Crippen LogP contribution in [0.1, 0.15) is 11.6 Å². The predicted octanol–water partition coefficient (Wildman–Crippen LogP) is 1.80. The molecule has 1 saturated heterocycles. The molecule has 3 rings (SSSR count). The Hall–Kier alpha value is -1.88. The summed E-state index contributed by atoms with van der Waals surface area (Å²) in [5.74, 6) is -1.73. The molecule has 1 aliphatic rings. The quantitative estimate of drug-likeness (QED) is 0.637. The fourth-order valence-electron chi connectivity index (χ4n) is 3.66. The fourth-order valence-corrected chi connectivity index (χ4v) is 8.37. The minimum Gasteiger partial charge on any atom is -0.310 e. The SMILES string of the molecule is CN(C)C(CN[C@H]1CS(=O)(=O)C[C@@H]1S(=O)(=O)c1ccc(F)cc1)c1ccc(F)cc1. The van der Waals surface area contributed by atoms with E-state index in [1.165, 1.54) is 12.1 Å². The third-order valence-electron chi connectivity index (χ3n) is 5.29. The van der Waals surface area contributed by atoms with Gasteiger partial charge in [-0.25, -0.2) is 25.6 Å². The maximum Gasteiger partial charge on any atom is 0.183 e. The Kier molecular flexibility index (Phi) is 6.61. The molecular formula is C20H24F2N2O4S2. The molecule has 10 heteroatoms. The molecular weight excluding hydrogens is 434 g/mol. The van der Waals surface area contributed by atoms with E-state index in [9.17, 15) is 25.6 Å². The van der Waals surface area contributed by atoms with Crippen LogP contribution in [0.3, 0.4) is 0 Å². The molecule has 6 nitrogen and oxygen atoms in total. The molecule has 0 bridgehead atoms. The van der Waals surface area contributed by atoms with Crippen molar-refractivity contribution in [2.75, 3.05) is 32.1 Å². The molecule has 3 atom stereocenters. The number of halogens is 2. The molecule has 0 amide bonds. The zero-order valence-corrected chi connectivity index (χ0v) is 18.3. The first-order valence-corrected chi connectivity index (χ1v) is 12.7. The summed E-state index contributed by atoms with van der Waals surface area (Å²) in [6.45, 7) is 0.272. The summed E-state index contributed by atoms with van der Waals surface area (Å²) in [6, 6.07) is 9.30. The summed E-state index contributed by atoms with van der Waals surface area (Å²) in [5, 5.41) is 1.92. The van der Waals surface area contributed by atoms with Gasteiger partial charge in [-0.05, 0) is 56.1 Å². The normalized spacial score (nSPS) is 22.3. The van der Waals surface area contributed by atoms with Gasteiger partial charge in [-0.3, -0.25) is 0 Å². The molecule has 0 aliphatic carbocycles. The van der Waals surface area contributed by atoms with Crippen molar-refractivity contribution in [1.82, 2.24) is 10.2 Å². The van der Waals surface area contributed by atoms with Crippen LogP contribution in [0.2, 0.25) is 0 Å². The molecule has 1 heterocycles. The number of nitrogens with one attached hydrogen (secondary N) is 1. The Balaban J connectivity index is 1.83. The van der Waals surface area contributed by atoms with E-state index in [0.717, 1.165) is 29.8 Å². The smallest absolute Gasteiger partial charge is 0.183 e. The predicted molar refractivity (Wildman–Crippen MR) is 111 cm³/mol. The summed E-state index contributed by atoms with van der Waals surface area (Å²) < 4.78 is 77.1. The van der Waals surface area contributed by atoms with E-state index in [0.29, 0.717) is 0 Å². The maximum atomic E-state index is 13.3. The minimum atomic E-state index is -3.99. The fraction of sp³-hybridized carbons (Fsp3) is 0.400. The third-order valence-corrected chi connectivity index (χ3v) is 9.46. The van der Waals surface area contributed by atoms with E-state index in [2.05, 4.69) is 5.32 Å². The van der Waals surface area contributed by atoms with Gasteiger partial charge in [-0.2, -0.15) is 0 Å². The summed E-state index contributed by atoms with van der Waals surface area (Å²) in [6.07, 6.45) is 0. The second-order valence-electron chi connectivity index (χ2n) is 7.66. The van der Waals surface area contributed by atoms with Gasteiger partial charge in [0, 0.05) is 18.6 Å². The standard InChI is InChI=1S/C20H24F2N2O4S2/c1-24(2)19(14-3-5-15(21)6-4-14)11-23-18-12-29(25,26)13-20(18)30(27,28)17-9-7-16(22)8-10-17/h3-10,18-20,23H,11-13H2,1-2H3/t18-,19?,20-/m0/s1. The van der Waals surface area contributed by atoms with Crippen molar-refractivity contribution in [3.63, 3.8) is 0 Å². The number of sulfone groups is 2. The maximum absolute atomic E-state index is 13.3. The highest BCUT2D eigenvalue weighted by Crippen LogP contribution is 2.27. The van der Waals surface area contributed by atoms with Crippen LogP contribution < -0.4 is 5.32 Å². The zero-order valence-electron chi connectivity index (χ0n) is 16.6. The summed E-state index contributed by atoms with van der Waals surface area (Å²) >= 11 is 0.